The van der Waals surface area contributed by atoms with Crippen molar-refractivity contribution in [3.8, 4) is 0 Å². The molecule has 5 rings (SSSR count). The Bertz CT molecular complexity index is 1180. The molecule has 1 aromatic carbocycles. The minimum absolute atomic E-state index is 0.0572. The number of imidazole rings is 1. The highest BCUT2D eigenvalue weighted by molar-refractivity contribution is 5.75. The van der Waals surface area contributed by atoms with Crippen LogP contribution in [0.15, 0.2) is 47.4 Å². The molecule has 0 spiro atoms. The van der Waals surface area contributed by atoms with E-state index in [0.29, 0.717) is 38.3 Å². The maximum atomic E-state index is 13.0. The van der Waals surface area contributed by atoms with Crippen molar-refractivity contribution >= 4 is 17.1 Å². The molecule has 1 amide bonds. The van der Waals surface area contributed by atoms with Gasteiger partial charge in [-0.15, -0.1) is 0 Å². The number of piperidine rings is 1. The van der Waals surface area contributed by atoms with Gasteiger partial charge in [0.15, 0.2) is 0 Å². The predicted molar refractivity (Wildman–Crippen MR) is 121 cm³/mol. The number of hydrogen-bond acceptors (Lipinski definition) is 5. The number of carbonyl (C=O) groups is 1. The van der Waals surface area contributed by atoms with Crippen molar-refractivity contribution in [1.29, 1.82) is 0 Å². The number of H-pyrrole nitrogens is 1. The second kappa shape index (κ2) is 8.43. The Morgan fingerprint density at radius 2 is 1.91 bits per heavy atom. The molecule has 3 N–H and O–H groups in total. The second-order valence-electron chi connectivity index (χ2n) is 8.97. The largest absolute Gasteiger partial charge is 0.440 e. The van der Waals surface area contributed by atoms with E-state index >= 15 is 0 Å². The number of nitrogens with one attached hydrogen (secondary N) is 1. The summed E-state index contributed by atoms with van der Waals surface area (Å²) in [7, 11) is 0. The summed E-state index contributed by atoms with van der Waals surface area (Å²) in [6.07, 6.45) is 4.03. The number of fused-ring (bicyclic) bond motifs is 2. The van der Waals surface area contributed by atoms with Crippen molar-refractivity contribution in [3.63, 3.8) is 0 Å². The molecule has 2 aromatic heterocycles. The van der Waals surface area contributed by atoms with Crippen LogP contribution in [0, 0.1) is 5.92 Å². The first-order valence-electron chi connectivity index (χ1n) is 11.4. The highest BCUT2D eigenvalue weighted by Gasteiger charge is 2.33. The van der Waals surface area contributed by atoms with Crippen molar-refractivity contribution in [2.75, 3.05) is 13.1 Å². The Labute approximate surface area is 186 Å². The number of carbonyl (C=O) groups excluding carboxylic acids is 1. The van der Waals surface area contributed by atoms with Gasteiger partial charge in [0.2, 0.25) is 0 Å². The lowest BCUT2D eigenvalue weighted by Gasteiger charge is -2.33. The molecule has 0 saturated carbocycles. The summed E-state index contributed by atoms with van der Waals surface area (Å²) >= 11 is 0. The molecule has 1 fully saturated rings. The summed E-state index contributed by atoms with van der Waals surface area (Å²) < 4.78 is 7.77. The number of nitrogens with two attached hydrogens (primary N) is 1. The lowest BCUT2D eigenvalue weighted by Crippen LogP contribution is -2.41. The van der Waals surface area contributed by atoms with Gasteiger partial charge in [0.1, 0.15) is 6.10 Å². The number of hydrogen-bond donors (Lipinski definition) is 2. The summed E-state index contributed by atoms with van der Waals surface area (Å²) in [6, 6.07) is 11.5. The highest BCUT2D eigenvalue weighted by Crippen LogP contribution is 2.37. The van der Waals surface area contributed by atoms with Crippen LogP contribution in [0.3, 0.4) is 0 Å². The number of aromatic nitrogens is 3. The van der Waals surface area contributed by atoms with Crippen LogP contribution >= 0.6 is 0 Å². The van der Waals surface area contributed by atoms with Crippen LogP contribution < -0.4 is 11.4 Å². The minimum atomic E-state index is -0.385. The number of para-hydroxylation sites is 2. The zero-order valence-electron chi connectivity index (χ0n) is 18.2. The molecule has 32 heavy (non-hydrogen) atoms. The molecule has 0 unspecified atom stereocenters. The SMILES string of the molecule is C[C@@H]1CC[C@@H](OC(=O)N2CCC(n3c(=O)[nH]c4ccccc43)CC2)c2ncccc2[C@H]1N. The number of ether oxygens (including phenoxy) is 1. The molecule has 2 aliphatic rings. The van der Waals surface area contributed by atoms with Gasteiger partial charge in [-0.25, -0.2) is 9.59 Å². The van der Waals surface area contributed by atoms with E-state index in [-0.39, 0.29) is 30.0 Å². The fourth-order valence-corrected chi connectivity index (χ4v) is 5.07. The van der Waals surface area contributed by atoms with Crippen molar-refractivity contribution < 1.29 is 9.53 Å². The van der Waals surface area contributed by atoms with Crippen LogP contribution in [0.2, 0.25) is 0 Å². The Morgan fingerprint density at radius 3 is 2.72 bits per heavy atom. The Balaban J connectivity index is 1.28. The Kier molecular flexibility index (Phi) is 5.46. The lowest BCUT2D eigenvalue weighted by molar-refractivity contribution is 0.0467. The smallest absolute Gasteiger partial charge is 0.410 e. The molecular formula is C24H29N5O3. The third-order valence-electron chi connectivity index (χ3n) is 6.99. The standard InChI is InChI=1S/C24H29N5O3/c1-15-8-9-20(22-17(21(15)25)5-4-12-26-22)32-24(31)28-13-10-16(11-14-28)29-19-7-3-2-6-18(19)27-23(29)30/h2-7,12,15-16,20-21H,8-11,13-14,25H2,1H3,(H,27,30)/t15-,20-,21+/m1/s1. The van der Waals surface area contributed by atoms with E-state index in [9.17, 15) is 9.59 Å². The van der Waals surface area contributed by atoms with Gasteiger partial charge in [-0.2, -0.15) is 0 Å². The van der Waals surface area contributed by atoms with Crippen LogP contribution in [0.1, 0.15) is 62.1 Å². The normalized spacial score (nSPS) is 24.2. The van der Waals surface area contributed by atoms with Crippen LogP contribution in [-0.4, -0.2) is 38.6 Å². The van der Waals surface area contributed by atoms with Gasteiger partial charge in [0, 0.05) is 31.4 Å². The number of nitrogens with zero attached hydrogens (tertiary/aromatic N) is 3. The van der Waals surface area contributed by atoms with Crippen LogP contribution in [0.5, 0.6) is 0 Å². The molecule has 8 heteroatoms. The highest BCUT2D eigenvalue weighted by atomic mass is 16.6. The predicted octanol–water partition coefficient (Wildman–Crippen LogP) is 3.67. The summed E-state index contributed by atoms with van der Waals surface area (Å²) in [4.78, 5) is 34.7. The number of likely N-dealkylation sites (tertiary alicyclic amines) is 1. The van der Waals surface area contributed by atoms with Crippen molar-refractivity contribution in [2.24, 2.45) is 11.7 Å². The lowest BCUT2D eigenvalue weighted by atomic mass is 9.95. The number of pyridine rings is 1. The topological polar surface area (TPSA) is 106 Å². The maximum absolute atomic E-state index is 13.0. The van der Waals surface area contributed by atoms with E-state index in [1.165, 1.54) is 0 Å². The Hall–Kier alpha value is -3.13. The van der Waals surface area contributed by atoms with Crippen LogP contribution in [0.4, 0.5) is 4.79 Å². The van der Waals surface area contributed by atoms with Gasteiger partial charge in [-0.1, -0.05) is 25.1 Å². The maximum Gasteiger partial charge on any atom is 0.410 e. The zero-order valence-corrected chi connectivity index (χ0v) is 18.2. The monoisotopic (exact) mass is 435 g/mol. The van der Waals surface area contributed by atoms with Crippen molar-refractivity contribution in [1.82, 2.24) is 19.4 Å². The number of rotatable bonds is 2. The fraction of sp³-hybridized carbons (Fsp3) is 0.458. The molecule has 1 aliphatic carbocycles. The zero-order chi connectivity index (χ0) is 22.2. The molecule has 0 radical (unpaired) electrons. The molecule has 8 nitrogen and oxygen atoms in total. The molecule has 3 heterocycles. The molecule has 3 atom stereocenters. The third kappa shape index (κ3) is 3.68. The quantitative estimate of drug-likeness (QED) is 0.598. The van der Waals surface area contributed by atoms with E-state index in [4.69, 9.17) is 10.5 Å². The van der Waals surface area contributed by atoms with E-state index in [0.717, 1.165) is 28.7 Å². The van der Waals surface area contributed by atoms with Gasteiger partial charge in [-0.3, -0.25) is 9.55 Å². The van der Waals surface area contributed by atoms with Crippen LogP contribution in [-0.2, 0) is 4.74 Å². The average molecular weight is 436 g/mol. The number of amides is 1. The van der Waals surface area contributed by atoms with E-state index in [2.05, 4.69) is 16.9 Å². The minimum Gasteiger partial charge on any atom is -0.440 e. The van der Waals surface area contributed by atoms with E-state index < -0.39 is 0 Å². The molecule has 168 valence electrons. The number of aromatic amines is 1. The molecule has 3 aromatic rings. The fourth-order valence-electron chi connectivity index (χ4n) is 5.07. The first kappa shape index (κ1) is 20.8. The first-order valence-corrected chi connectivity index (χ1v) is 11.4. The summed E-state index contributed by atoms with van der Waals surface area (Å²) in [5.41, 5.74) is 9.81. The van der Waals surface area contributed by atoms with Crippen molar-refractivity contribution in [3.05, 3.63) is 64.3 Å². The summed E-state index contributed by atoms with van der Waals surface area (Å²) in [6.45, 7) is 3.23. The summed E-state index contributed by atoms with van der Waals surface area (Å²) in [5, 5.41) is 0. The molecule has 1 aliphatic heterocycles. The van der Waals surface area contributed by atoms with Crippen LogP contribution in [0.25, 0.3) is 11.0 Å². The summed E-state index contributed by atoms with van der Waals surface area (Å²) in [5.74, 6) is 0.298. The van der Waals surface area contributed by atoms with Crippen molar-refractivity contribution in [2.45, 2.75) is 50.8 Å². The molecular weight excluding hydrogens is 406 g/mol. The number of benzene rings is 1. The first-order chi connectivity index (χ1) is 15.5. The van der Waals surface area contributed by atoms with Gasteiger partial charge in [0.25, 0.3) is 0 Å². The van der Waals surface area contributed by atoms with E-state index in [1.807, 2.05) is 41.0 Å². The van der Waals surface area contributed by atoms with Gasteiger partial charge in [-0.05, 0) is 55.4 Å². The van der Waals surface area contributed by atoms with Gasteiger partial charge < -0.3 is 20.4 Å². The second-order valence-corrected chi connectivity index (χ2v) is 8.97. The van der Waals surface area contributed by atoms with Gasteiger partial charge in [0.05, 0.1) is 16.7 Å². The van der Waals surface area contributed by atoms with Gasteiger partial charge >= 0.3 is 11.8 Å². The average Bonchev–Trinajstić information content (AvgIpc) is 3.11. The Morgan fingerprint density at radius 1 is 1.12 bits per heavy atom. The molecule has 0 bridgehead atoms. The third-order valence-corrected chi connectivity index (χ3v) is 6.99. The molecule has 1 saturated heterocycles. The van der Waals surface area contributed by atoms with E-state index in [1.54, 1.807) is 11.1 Å².